The number of nitrogens with zero attached hydrogens (tertiary/aromatic N) is 3. The molecule has 1 saturated heterocycles. The molecule has 0 spiro atoms. The molecule has 4 rings (SSSR count). The fourth-order valence-corrected chi connectivity index (χ4v) is 4.39. The van der Waals surface area contributed by atoms with E-state index in [2.05, 4.69) is 15.9 Å². The van der Waals surface area contributed by atoms with Gasteiger partial charge in [0.15, 0.2) is 5.11 Å². The molecule has 0 N–H and O–H groups in total. The van der Waals surface area contributed by atoms with Crippen LogP contribution < -0.4 is 4.90 Å². The molecule has 0 bridgehead atoms. The summed E-state index contributed by atoms with van der Waals surface area (Å²) >= 11 is 9.11. The van der Waals surface area contributed by atoms with Gasteiger partial charge in [-0.05, 0) is 73.6 Å². The van der Waals surface area contributed by atoms with E-state index < -0.39 is 0 Å². The van der Waals surface area contributed by atoms with Crippen LogP contribution in [0.3, 0.4) is 0 Å². The van der Waals surface area contributed by atoms with Gasteiger partial charge in [0.1, 0.15) is 12.2 Å². The molecule has 1 aromatic heterocycles. The van der Waals surface area contributed by atoms with Crippen LogP contribution >= 0.6 is 28.1 Å². The van der Waals surface area contributed by atoms with Crippen LogP contribution in [-0.4, -0.2) is 40.6 Å². The fourth-order valence-electron chi connectivity index (χ4n) is 3.74. The van der Waals surface area contributed by atoms with Crippen LogP contribution in [0.4, 0.5) is 5.69 Å². The van der Waals surface area contributed by atoms with Crippen molar-refractivity contribution in [3.8, 4) is 0 Å². The molecule has 0 saturated carbocycles. The van der Waals surface area contributed by atoms with E-state index in [1.165, 1.54) is 7.11 Å². The Bertz CT molecular complexity index is 1310. The standard InChI is InChI=1S/C24H22BrN3O3S/c1-14-5-7-18(9-15(14)2)28-23(30)21(26(3)24(28)32)10-16-12-27(13-22(29)31-4)20-8-6-17(25)11-19(16)20/h5-12H,13H2,1-4H3/b21-10-. The molecular weight excluding hydrogens is 490 g/mol. The normalized spacial score (nSPS) is 15.3. The first-order valence-electron chi connectivity index (χ1n) is 9.97. The highest BCUT2D eigenvalue weighted by Crippen LogP contribution is 2.32. The predicted octanol–water partition coefficient (Wildman–Crippen LogP) is 4.80. The Morgan fingerprint density at radius 2 is 1.91 bits per heavy atom. The summed E-state index contributed by atoms with van der Waals surface area (Å²) in [5.41, 5.74) is 5.13. The minimum absolute atomic E-state index is 0.0781. The first-order valence-corrected chi connectivity index (χ1v) is 11.2. The van der Waals surface area contributed by atoms with Gasteiger partial charge in [-0.25, -0.2) is 0 Å². The maximum Gasteiger partial charge on any atom is 0.325 e. The lowest BCUT2D eigenvalue weighted by Crippen LogP contribution is -2.31. The number of aromatic nitrogens is 1. The molecule has 8 heteroatoms. The Kier molecular flexibility index (Phi) is 5.92. The van der Waals surface area contributed by atoms with Crippen molar-refractivity contribution in [2.24, 2.45) is 0 Å². The highest BCUT2D eigenvalue weighted by molar-refractivity contribution is 9.10. The average molecular weight is 512 g/mol. The second kappa shape index (κ2) is 8.52. The monoisotopic (exact) mass is 511 g/mol. The van der Waals surface area contributed by atoms with Gasteiger partial charge in [-0.3, -0.25) is 14.5 Å². The van der Waals surface area contributed by atoms with E-state index in [9.17, 15) is 9.59 Å². The smallest absolute Gasteiger partial charge is 0.325 e. The van der Waals surface area contributed by atoms with Gasteiger partial charge in [0.25, 0.3) is 5.91 Å². The van der Waals surface area contributed by atoms with E-state index >= 15 is 0 Å². The number of esters is 1. The van der Waals surface area contributed by atoms with Crippen LogP contribution in [0.1, 0.15) is 16.7 Å². The Labute approximate surface area is 200 Å². The number of halogens is 1. The van der Waals surface area contributed by atoms with Crippen molar-refractivity contribution in [1.82, 2.24) is 9.47 Å². The Balaban J connectivity index is 1.80. The maximum absolute atomic E-state index is 13.4. The summed E-state index contributed by atoms with van der Waals surface area (Å²) in [6.07, 6.45) is 3.67. The van der Waals surface area contributed by atoms with Gasteiger partial charge < -0.3 is 14.2 Å². The van der Waals surface area contributed by atoms with Gasteiger partial charge in [-0.2, -0.15) is 0 Å². The number of methoxy groups -OCH3 is 1. The van der Waals surface area contributed by atoms with Crippen molar-refractivity contribution in [3.05, 3.63) is 69.5 Å². The maximum atomic E-state index is 13.4. The van der Waals surface area contributed by atoms with Crippen molar-refractivity contribution in [2.75, 3.05) is 19.1 Å². The Morgan fingerprint density at radius 1 is 1.16 bits per heavy atom. The number of aryl methyl sites for hydroxylation is 2. The molecular formula is C24H22BrN3O3S. The van der Waals surface area contributed by atoms with E-state index in [4.69, 9.17) is 17.0 Å². The third-order valence-electron chi connectivity index (χ3n) is 5.70. The van der Waals surface area contributed by atoms with Crippen LogP contribution in [-0.2, 0) is 20.9 Å². The number of carbonyl (C=O) groups excluding carboxylic acids is 2. The molecule has 3 aromatic rings. The average Bonchev–Trinajstić information content (AvgIpc) is 3.19. The Hall–Kier alpha value is -2.97. The van der Waals surface area contributed by atoms with Crippen molar-refractivity contribution >= 4 is 67.8 Å². The van der Waals surface area contributed by atoms with Gasteiger partial charge in [-0.1, -0.05) is 22.0 Å². The zero-order chi connectivity index (χ0) is 23.2. The zero-order valence-electron chi connectivity index (χ0n) is 18.2. The quantitative estimate of drug-likeness (QED) is 0.286. The lowest BCUT2D eigenvalue weighted by Gasteiger charge is -2.17. The van der Waals surface area contributed by atoms with Crippen molar-refractivity contribution in [1.29, 1.82) is 0 Å². The topological polar surface area (TPSA) is 54.8 Å². The number of amides is 1. The first-order chi connectivity index (χ1) is 15.2. The number of anilines is 1. The minimum Gasteiger partial charge on any atom is -0.468 e. The molecule has 6 nitrogen and oxygen atoms in total. The molecule has 1 fully saturated rings. The molecule has 1 amide bonds. The largest absolute Gasteiger partial charge is 0.468 e. The Morgan fingerprint density at radius 3 is 2.59 bits per heavy atom. The summed E-state index contributed by atoms with van der Waals surface area (Å²) in [6, 6.07) is 11.7. The highest BCUT2D eigenvalue weighted by atomic mass is 79.9. The molecule has 32 heavy (non-hydrogen) atoms. The predicted molar refractivity (Wildman–Crippen MR) is 133 cm³/mol. The molecule has 0 radical (unpaired) electrons. The van der Waals surface area contributed by atoms with Crippen LogP contribution in [0.15, 0.2) is 52.8 Å². The molecule has 164 valence electrons. The minimum atomic E-state index is -0.347. The summed E-state index contributed by atoms with van der Waals surface area (Å²) in [5.74, 6) is -0.537. The van der Waals surface area contributed by atoms with Crippen molar-refractivity contribution in [3.63, 3.8) is 0 Å². The lowest BCUT2D eigenvalue weighted by atomic mass is 10.1. The van der Waals surface area contributed by atoms with E-state index in [-0.39, 0.29) is 18.4 Å². The number of hydrogen-bond acceptors (Lipinski definition) is 4. The zero-order valence-corrected chi connectivity index (χ0v) is 20.6. The third kappa shape index (κ3) is 3.84. The summed E-state index contributed by atoms with van der Waals surface area (Å²) in [7, 11) is 3.15. The molecule has 2 aromatic carbocycles. The summed E-state index contributed by atoms with van der Waals surface area (Å²) in [5, 5.41) is 1.33. The molecule has 2 heterocycles. The number of rotatable bonds is 4. The fraction of sp³-hybridized carbons (Fsp3) is 0.208. The number of fused-ring (bicyclic) bond motifs is 1. The number of carbonyl (C=O) groups is 2. The molecule has 0 unspecified atom stereocenters. The highest BCUT2D eigenvalue weighted by Gasteiger charge is 2.37. The second-order valence-electron chi connectivity index (χ2n) is 7.73. The lowest BCUT2D eigenvalue weighted by molar-refractivity contribution is -0.141. The molecule has 0 atom stereocenters. The molecule has 1 aliphatic heterocycles. The summed E-state index contributed by atoms with van der Waals surface area (Å²) < 4.78 is 7.55. The second-order valence-corrected chi connectivity index (χ2v) is 9.01. The van der Waals surface area contributed by atoms with Crippen LogP contribution in [0.25, 0.3) is 17.0 Å². The van der Waals surface area contributed by atoms with Crippen molar-refractivity contribution < 1.29 is 14.3 Å². The van der Waals surface area contributed by atoms with Gasteiger partial charge in [0.2, 0.25) is 0 Å². The van der Waals surface area contributed by atoms with Crippen molar-refractivity contribution in [2.45, 2.75) is 20.4 Å². The van der Waals surface area contributed by atoms with Gasteiger partial charge in [-0.15, -0.1) is 0 Å². The molecule has 0 aliphatic carbocycles. The number of benzene rings is 2. The first kappa shape index (κ1) is 22.2. The van der Waals surface area contributed by atoms with Crippen LogP contribution in [0, 0.1) is 13.8 Å². The SMILES string of the molecule is COC(=O)Cn1cc(/C=C2/C(=O)N(c3ccc(C)c(C)c3)C(=S)N2C)c2cc(Br)ccc21. The van der Waals surface area contributed by atoms with Gasteiger partial charge >= 0.3 is 5.97 Å². The van der Waals surface area contributed by atoms with E-state index in [0.717, 1.165) is 37.8 Å². The number of ether oxygens (including phenoxy) is 1. The summed E-state index contributed by atoms with van der Waals surface area (Å²) in [4.78, 5) is 28.6. The molecule has 1 aliphatic rings. The van der Waals surface area contributed by atoms with Gasteiger partial charge in [0, 0.05) is 34.2 Å². The van der Waals surface area contributed by atoms with E-state index in [1.54, 1.807) is 16.8 Å². The van der Waals surface area contributed by atoms with Crippen LogP contribution in [0.2, 0.25) is 0 Å². The number of hydrogen-bond donors (Lipinski definition) is 0. The van der Waals surface area contributed by atoms with E-state index in [1.807, 2.05) is 67.1 Å². The number of thiocarbonyl (C=S) groups is 1. The van der Waals surface area contributed by atoms with Crippen LogP contribution in [0.5, 0.6) is 0 Å². The van der Waals surface area contributed by atoms with E-state index in [0.29, 0.717) is 10.8 Å². The number of likely N-dealkylation sites (N-methyl/N-ethyl adjacent to an activating group) is 1. The summed E-state index contributed by atoms with van der Waals surface area (Å²) in [6.45, 7) is 4.12. The van der Waals surface area contributed by atoms with Gasteiger partial charge in [0.05, 0.1) is 12.8 Å². The third-order valence-corrected chi connectivity index (χ3v) is 6.65.